The molecule has 0 saturated heterocycles. The van der Waals surface area contributed by atoms with Gasteiger partial charge in [-0.3, -0.25) is 0 Å². The molecule has 3 heteroatoms. The van der Waals surface area contributed by atoms with Gasteiger partial charge in [-0.25, -0.2) is 0 Å². The number of rotatable bonds is 4. The molecule has 0 aliphatic rings. The second-order valence-corrected chi connectivity index (χ2v) is 5.18. The van der Waals surface area contributed by atoms with E-state index in [4.69, 9.17) is 10.2 Å². The second-order valence-electron chi connectivity index (χ2n) is 3.93. The minimum absolute atomic E-state index is 0.00941. The van der Waals surface area contributed by atoms with Crippen LogP contribution in [-0.4, -0.2) is 23.4 Å². The van der Waals surface area contributed by atoms with Gasteiger partial charge >= 0.3 is 0 Å². The van der Waals surface area contributed by atoms with Crippen molar-refractivity contribution in [2.24, 2.45) is 5.41 Å². The van der Waals surface area contributed by atoms with Gasteiger partial charge in [-0.15, -0.1) is 0 Å². The maximum atomic E-state index is 9.14. The van der Waals surface area contributed by atoms with Gasteiger partial charge < -0.3 is 10.2 Å². The van der Waals surface area contributed by atoms with Crippen molar-refractivity contribution in [3.8, 4) is 0 Å². The lowest BCUT2D eigenvalue weighted by molar-refractivity contribution is 0.0704. The lowest BCUT2D eigenvalue weighted by atomic mass is 9.85. The Hall–Kier alpha value is -0.130. The summed E-state index contributed by atoms with van der Waals surface area (Å²) < 4.78 is 1.20. The highest BCUT2D eigenvalue weighted by molar-refractivity contribution is 14.1. The Balaban J connectivity index is 2.72. The highest BCUT2D eigenvalue weighted by Gasteiger charge is 2.22. The van der Waals surface area contributed by atoms with Gasteiger partial charge in [0.05, 0.1) is 13.2 Å². The fourth-order valence-electron chi connectivity index (χ4n) is 1.26. The second kappa shape index (κ2) is 5.09. The van der Waals surface area contributed by atoms with Crippen molar-refractivity contribution in [3.05, 3.63) is 33.4 Å². The highest BCUT2D eigenvalue weighted by Crippen LogP contribution is 2.21. The van der Waals surface area contributed by atoms with Gasteiger partial charge in [-0.2, -0.15) is 0 Å². The van der Waals surface area contributed by atoms with Gasteiger partial charge in [0.1, 0.15) is 0 Å². The number of halogens is 1. The van der Waals surface area contributed by atoms with E-state index in [0.29, 0.717) is 6.42 Å². The Bertz CT molecular complexity index is 278. The van der Waals surface area contributed by atoms with Gasteiger partial charge in [0, 0.05) is 8.99 Å². The fraction of sp³-hybridized carbons (Fsp3) is 0.455. The van der Waals surface area contributed by atoms with Crippen LogP contribution in [0.15, 0.2) is 24.3 Å². The van der Waals surface area contributed by atoms with E-state index in [-0.39, 0.29) is 13.2 Å². The van der Waals surface area contributed by atoms with E-state index in [1.165, 1.54) is 3.57 Å². The molecule has 0 saturated carbocycles. The minimum atomic E-state index is -0.410. The third-order valence-electron chi connectivity index (χ3n) is 2.31. The van der Waals surface area contributed by atoms with Crippen molar-refractivity contribution in [1.82, 2.24) is 0 Å². The molecule has 1 rings (SSSR count). The molecule has 0 aromatic heterocycles. The van der Waals surface area contributed by atoms with E-state index in [0.717, 1.165) is 5.56 Å². The lowest BCUT2D eigenvalue weighted by Crippen LogP contribution is -2.28. The predicted octanol–water partition coefficient (Wildman–Crippen LogP) is 1.82. The van der Waals surface area contributed by atoms with E-state index in [1.807, 2.05) is 31.2 Å². The molecule has 2 nitrogen and oxygen atoms in total. The zero-order chi connectivity index (χ0) is 10.6. The number of hydrogen-bond acceptors (Lipinski definition) is 2. The maximum Gasteiger partial charge on any atom is 0.0509 e. The maximum absolute atomic E-state index is 9.14. The van der Waals surface area contributed by atoms with Gasteiger partial charge in [-0.1, -0.05) is 19.1 Å². The van der Waals surface area contributed by atoms with Crippen LogP contribution in [0.3, 0.4) is 0 Å². The molecule has 0 unspecified atom stereocenters. The molecule has 0 radical (unpaired) electrons. The first-order valence-electron chi connectivity index (χ1n) is 4.56. The van der Waals surface area contributed by atoms with Crippen LogP contribution >= 0.6 is 22.6 Å². The lowest BCUT2D eigenvalue weighted by Gasteiger charge is -2.24. The van der Waals surface area contributed by atoms with Gasteiger partial charge in [0.25, 0.3) is 0 Å². The van der Waals surface area contributed by atoms with Crippen LogP contribution in [0.25, 0.3) is 0 Å². The molecule has 0 spiro atoms. The molecule has 0 amide bonds. The van der Waals surface area contributed by atoms with Crippen LogP contribution in [-0.2, 0) is 6.42 Å². The van der Waals surface area contributed by atoms with Crippen LogP contribution in [0.1, 0.15) is 12.5 Å². The third-order valence-corrected chi connectivity index (χ3v) is 3.03. The van der Waals surface area contributed by atoms with Crippen molar-refractivity contribution >= 4 is 22.6 Å². The smallest absolute Gasteiger partial charge is 0.0509 e. The SMILES string of the molecule is CC(CO)(CO)Cc1ccc(I)cc1. The number of hydrogen-bond donors (Lipinski definition) is 2. The standard InChI is InChI=1S/C11H15IO2/c1-11(7-13,8-14)6-9-2-4-10(12)5-3-9/h2-5,13-14H,6-8H2,1H3. The summed E-state index contributed by atoms with van der Waals surface area (Å²) in [6, 6.07) is 8.13. The summed E-state index contributed by atoms with van der Waals surface area (Å²) in [6.45, 7) is 1.90. The first kappa shape index (κ1) is 11.9. The average Bonchev–Trinajstić information content (AvgIpc) is 2.21. The molecular weight excluding hydrogens is 291 g/mol. The number of benzene rings is 1. The van der Waals surface area contributed by atoms with Crippen LogP contribution in [0.2, 0.25) is 0 Å². The Morgan fingerprint density at radius 2 is 1.64 bits per heavy atom. The molecule has 1 aromatic rings. The molecule has 78 valence electrons. The molecule has 0 heterocycles. The summed E-state index contributed by atoms with van der Waals surface area (Å²) in [7, 11) is 0. The number of aliphatic hydroxyl groups excluding tert-OH is 2. The van der Waals surface area contributed by atoms with E-state index in [9.17, 15) is 0 Å². The summed E-state index contributed by atoms with van der Waals surface area (Å²) in [6.07, 6.45) is 0.705. The van der Waals surface area contributed by atoms with Gasteiger partial charge in [0.15, 0.2) is 0 Å². The van der Waals surface area contributed by atoms with Crippen LogP contribution in [0.4, 0.5) is 0 Å². The van der Waals surface area contributed by atoms with Gasteiger partial charge in [0.2, 0.25) is 0 Å². The molecule has 0 aliphatic carbocycles. The van der Waals surface area contributed by atoms with E-state index >= 15 is 0 Å². The van der Waals surface area contributed by atoms with Gasteiger partial charge in [-0.05, 0) is 46.7 Å². The monoisotopic (exact) mass is 306 g/mol. The largest absolute Gasteiger partial charge is 0.396 e. The molecule has 0 atom stereocenters. The Kier molecular flexibility index (Phi) is 4.34. The molecule has 1 aromatic carbocycles. The van der Waals surface area contributed by atoms with Crippen LogP contribution < -0.4 is 0 Å². The molecular formula is C11H15IO2. The van der Waals surface area contributed by atoms with Crippen molar-refractivity contribution in [1.29, 1.82) is 0 Å². The first-order valence-corrected chi connectivity index (χ1v) is 5.64. The van der Waals surface area contributed by atoms with Crippen LogP contribution in [0, 0.1) is 8.99 Å². The minimum Gasteiger partial charge on any atom is -0.396 e. The summed E-state index contributed by atoms with van der Waals surface area (Å²) >= 11 is 2.25. The molecule has 2 N–H and O–H groups in total. The highest BCUT2D eigenvalue weighted by atomic mass is 127. The Labute approximate surface area is 98.1 Å². The zero-order valence-corrected chi connectivity index (χ0v) is 10.4. The van der Waals surface area contributed by atoms with E-state index < -0.39 is 5.41 Å². The van der Waals surface area contributed by atoms with E-state index in [2.05, 4.69) is 22.6 Å². The predicted molar refractivity (Wildman–Crippen MR) is 65.1 cm³/mol. The topological polar surface area (TPSA) is 40.5 Å². The zero-order valence-electron chi connectivity index (χ0n) is 8.20. The van der Waals surface area contributed by atoms with Crippen molar-refractivity contribution in [3.63, 3.8) is 0 Å². The summed E-state index contributed by atoms with van der Waals surface area (Å²) in [5.74, 6) is 0. The summed E-state index contributed by atoms with van der Waals surface area (Å²) in [5, 5.41) is 18.3. The van der Waals surface area contributed by atoms with Crippen molar-refractivity contribution in [2.75, 3.05) is 13.2 Å². The van der Waals surface area contributed by atoms with Crippen molar-refractivity contribution in [2.45, 2.75) is 13.3 Å². The quantitative estimate of drug-likeness (QED) is 0.833. The van der Waals surface area contributed by atoms with Crippen LogP contribution in [0.5, 0.6) is 0 Å². The normalized spacial score (nSPS) is 11.7. The fourth-order valence-corrected chi connectivity index (χ4v) is 1.62. The molecule has 0 bridgehead atoms. The summed E-state index contributed by atoms with van der Waals surface area (Å²) in [5.41, 5.74) is 0.739. The molecule has 14 heavy (non-hydrogen) atoms. The molecule has 0 fully saturated rings. The van der Waals surface area contributed by atoms with E-state index in [1.54, 1.807) is 0 Å². The Morgan fingerprint density at radius 3 is 2.07 bits per heavy atom. The summed E-state index contributed by atoms with van der Waals surface area (Å²) in [4.78, 5) is 0. The average molecular weight is 306 g/mol. The van der Waals surface area contributed by atoms with Crippen molar-refractivity contribution < 1.29 is 10.2 Å². The first-order chi connectivity index (χ1) is 6.59. The molecule has 0 aliphatic heterocycles. The third kappa shape index (κ3) is 3.22. The number of aliphatic hydroxyl groups is 2. The Morgan fingerprint density at radius 1 is 1.14 bits per heavy atom.